The van der Waals surface area contributed by atoms with Crippen LogP contribution in [0.25, 0.3) is 0 Å². The van der Waals surface area contributed by atoms with Crippen LogP contribution in [0.1, 0.15) is 44.6 Å². The quantitative estimate of drug-likeness (QED) is 0.795. The average molecular weight is 270 g/mol. The van der Waals surface area contributed by atoms with E-state index in [1.54, 1.807) is 6.07 Å². The Hall–Kier alpha value is -0.600. The Balaban J connectivity index is 1.89. The minimum absolute atomic E-state index is 0.256. The summed E-state index contributed by atoms with van der Waals surface area (Å²) in [6, 6.07) is 5.55. The Morgan fingerprint density at radius 2 is 2.11 bits per heavy atom. The van der Waals surface area contributed by atoms with Gasteiger partial charge in [0.1, 0.15) is 5.82 Å². The number of benzene rings is 1. The molecule has 0 heterocycles. The van der Waals surface area contributed by atoms with E-state index < -0.39 is 0 Å². The molecule has 2 atom stereocenters. The van der Waals surface area contributed by atoms with Crippen molar-refractivity contribution in [2.75, 3.05) is 0 Å². The van der Waals surface area contributed by atoms with Crippen LogP contribution in [0.2, 0.25) is 5.02 Å². The van der Waals surface area contributed by atoms with Gasteiger partial charge in [0.05, 0.1) is 5.02 Å². The lowest BCUT2D eigenvalue weighted by Gasteiger charge is -2.17. The molecule has 3 heteroatoms. The third-order valence-electron chi connectivity index (χ3n) is 3.87. The van der Waals surface area contributed by atoms with Crippen molar-refractivity contribution in [2.24, 2.45) is 5.92 Å². The van der Waals surface area contributed by atoms with Gasteiger partial charge in [-0.1, -0.05) is 43.5 Å². The Morgan fingerprint density at radius 1 is 1.28 bits per heavy atom. The molecular formula is C15H21ClFN. The topological polar surface area (TPSA) is 12.0 Å². The molecule has 18 heavy (non-hydrogen) atoms. The third-order valence-corrected chi connectivity index (χ3v) is 4.29. The van der Waals surface area contributed by atoms with E-state index in [4.69, 9.17) is 11.6 Å². The first kappa shape index (κ1) is 13.8. The number of nitrogens with one attached hydrogen (secondary N) is 1. The summed E-state index contributed by atoms with van der Waals surface area (Å²) in [7, 11) is 0. The summed E-state index contributed by atoms with van der Waals surface area (Å²) >= 11 is 5.95. The first-order valence-corrected chi connectivity index (χ1v) is 7.21. The van der Waals surface area contributed by atoms with Gasteiger partial charge < -0.3 is 5.32 Å². The highest BCUT2D eigenvalue weighted by atomic mass is 35.5. The highest BCUT2D eigenvalue weighted by molar-refractivity contribution is 6.31. The third kappa shape index (κ3) is 3.69. The van der Waals surface area contributed by atoms with E-state index in [1.807, 2.05) is 6.07 Å². The van der Waals surface area contributed by atoms with Gasteiger partial charge in [0, 0.05) is 12.6 Å². The largest absolute Gasteiger partial charge is 0.310 e. The number of hydrogen-bond acceptors (Lipinski definition) is 1. The first-order valence-electron chi connectivity index (χ1n) is 6.83. The maximum absolute atomic E-state index is 13.3. The second kappa shape index (κ2) is 6.53. The summed E-state index contributed by atoms with van der Waals surface area (Å²) < 4.78 is 13.3. The Kier molecular flexibility index (Phi) is 5.02. The predicted octanol–water partition coefficient (Wildman–Crippen LogP) is 4.54. The lowest BCUT2D eigenvalue weighted by atomic mass is 10.0. The van der Waals surface area contributed by atoms with Crippen molar-refractivity contribution in [1.29, 1.82) is 0 Å². The van der Waals surface area contributed by atoms with Crippen molar-refractivity contribution in [3.63, 3.8) is 0 Å². The number of rotatable bonds is 3. The zero-order valence-electron chi connectivity index (χ0n) is 10.9. The molecule has 0 amide bonds. The molecule has 0 bridgehead atoms. The molecule has 1 fully saturated rings. The van der Waals surface area contributed by atoms with E-state index in [9.17, 15) is 4.39 Å². The van der Waals surface area contributed by atoms with Crippen molar-refractivity contribution in [3.05, 3.63) is 34.6 Å². The highest BCUT2D eigenvalue weighted by Gasteiger charge is 2.16. The van der Waals surface area contributed by atoms with Gasteiger partial charge in [-0.15, -0.1) is 0 Å². The molecule has 2 rings (SSSR count). The molecule has 1 aliphatic rings. The Labute approximate surface area is 114 Å². The second-order valence-corrected chi connectivity index (χ2v) is 5.78. The summed E-state index contributed by atoms with van der Waals surface area (Å²) in [4.78, 5) is 0. The summed E-state index contributed by atoms with van der Waals surface area (Å²) in [6.45, 7) is 2.99. The normalized spacial score (nSPS) is 24.8. The second-order valence-electron chi connectivity index (χ2n) is 5.40. The van der Waals surface area contributed by atoms with E-state index in [0.29, 0.717) is 12.6 Å². The van der Waals surface area contributed by atoms with Gasteiger partial charge in [0.2, 0.25) is 0 Å². The molecule has 1 aromatic carbocycles. The fourth-order valence-electron chi connectivity index (χ4n) is 2.63. The van der Waals surface area contributed by atoms with E-state index in [1.165, 1.54) is 38.2 Å². The Morgan fingerprint density at radius 3 is 2.94 bits per heavy atom. The molecule has 2 unspecified atom stereocenters. The van der Waals surface area contributed by atoms with Gasteiger partial charge in [0.25, 0.3) is 0 Å². The summed E-state index contributed by atoms with van der Waals surface area (Å²) in [6.07, 6.45) is 6.34. The van der Waals surface area contributed by atoms with Crippen molar-refractivity contribution in [3.8, 4) is 0 Å². The van der Waals surface area contributed by atoms with Crippen LogP contribution in [0.4, 0.5) is 4.39 Å². The first-order chi connectivity index (χ1) is 8.66. The molecule has 0 saturated heterocycles. The van der Waals surface area contributed by atoms with Gasteiger partial charge >= 0.3 is 0 Å². The van der Waals surface area contributed by atoms with E-state index in [-0.39, 0.29) is 10.8 Å². The van der Waals surface area contributed by atoms with Crippen molar-refractivity contribution in [1.82, 2.24) is 5.32 Å². The van der Waals surface area contributed by atoms with Crippen LogP contribution < -0.4 is 5.32 Å². The summed E-state index contributed by atoms with van der Waals surface area (Å²) in [5, 5.41) is 3.77. The van der Waals surface area contributed by atoms with Crippen LogP contribution >= 0.6 is 11.6 Å². The smallest absolute Gasteiger partial charge is 0.142 e. The molecular weight excluding hydrogens is 249 g/mol. The van der Waals surface area contributed by atoms with E-state index in [2.05, 4.69) is 12.2 Å². The maximum atomic E-state index is 13.3. The van der Waals surface area contributed by atoms with Crippen LogP contribution in [0, 0.1) is 11.7 Å². The SMILES string of the molecule is CC1CCCC(NCc2cccc(F)c2Cl)CC1. The van der Waals surface area contributed by atoms with Crippen LogP contribution in [0.5, 0.6) is 0 Å². The lowest BCUT2D eigenvalue weighted by molar-refractivity contribution is 0.447. The monoisotopic (exact) mass is 269 g/mol. The molecule has 1 aromatic rings. The summed E-state index contributed by atoms with van der Waals surface area (Å²) in [5.41, 5.74) is 0.856. The van der Waals surface area contributed by atoms with Gasteiger partial charge in [-0.2, -0.15) is 0 Å². The van der Waals surface area contributed by atoms with Gasteiger partial charge in [-0.05, 0) is 36.8 Å². The Bertz CT molecular complexity index is 394. The fourth-order valence-corrected chi connectivity index (χ4v) is 2.82. The van der Waals surface area contributed by atoms with Crippen molar-refractivity contribution < 1.29 is 4.39 Å². The van der Waals surface area contributed by atoms with Crippen LogP contribution in [-0.4, -0.2) is 6.04 Å². The zero-order valence-corrected chi connectivity index (χ0v) is 11.6. The predicted molar refractivity (Wildman–Crippen MR) is 74.3 cm³/mol. The molecule has 1 saturated carbocycles. The molecule has 0 spiro atoms. The average Bonchev–Trinajstić information content (AvgIpc) is 2.56. The minimum Gasteiger partial charge on any atom is -0.310 e. The molecule has 0 aliphatic heterocycles. The molecule has 100 valence electrons. The minimum atomic E-state index is -0.328. The van der Waals surface area contributed by atoms with Crippen molar-refractivity contribution >= 4 is 11.6 Å². The van der Waals surface area contributed by atoms with Gasteiger partial charge in [0.15, 0.2) is 0 Å². The van der Waals surface area contributed by atoms with E-state index in [0.717, 1.165) is 11.5 Å². The fraction of sp³-hybridized carbons (Fsp3) is 0.600. The maximum Gasteiger partial charge on any atom is 0.142 e. The van der Waals surface area contributed by atoms with Gasteiger partial charge in [-0.25, -0.2) is 4.39 Å². The summed E-state index contributed by atoms with van der Waals surface area (Å²) in [5.74, 6) is 0.514. The van der Waals surface area contributed by atoms with Gasteiger partial charge in [-0.3, -0.25) is 0 Å². The molecule has 0 radical (unpaired) electrons. The van der Waals surface area contributed by atoms with E-state index >= 15 is 0 Å². The molecule has 1 aliphatic carbocycles. The van der Waals surface area contributed by atoms with Crippen LogP contribution in [0.3, 0.4) is 0 Å². The molecule has 1 N–H and O–H groups in total. The van der Waals surface area contributed by atoms with Crippen molar-refractivity contribution in [2.45, 2.75) is 51.6 Å². The number of hydrogen-bond donors (Lipinski definition) is 1. The molecule has 0 aromatic heterocycles. The standard InChI is InChI=1S/C15H21ClFN/c1-11-4-2-6-13(9-8-11)18-10-12-5-3-7-14(17)15(12)16/h3,5,7,11,13,18H,2,4,6,8-10H2,1H3. The number of halogens is 2. The van der Waals surface area contributed by atoms with Crippen LogP contribution in [0.15, 0.2) is 18.2 Å². The van der Waals surface area contributed by atoms with Crippen LogP contribution in [-0.2, 0) is 6.54 Å². The highest BCUT2D eigenvalue weighted by Crippen LogP contribution is 2.24. The zero-order chi connectivity index (χ0) is 13.0. The lowest BCUT2D eigenvalue weighted by Crippen LogP contribution is -2.28. The molecule has 1 nitrogen and oxygen atoms in total.